The summed E-state index contributed by atoms with van der Waals surface area (Å²) in [4.78, 5) is 4.35. The highest BCUT2D eigenvalue weighted by atomic mass is 16.5. The van der Waals surface area contributed by atoms with Crippen LogP contribution in [0.4, 0.5) is 0 Å². The normalized spacial score (nSPS) is 10.8. The number of nitrogens with zero attached hydrogens (tertiary/aromatic N) is 2. The van der Waals surface area contributed by atoms with Crippen molar-refractivity contribution in [2.75, 3.05) is 20.3 Å². The third-order valence-electron chi connectivity index (χ3n) is 2.71. The Morgan fingerprint density at radius 1 is 1.37 bits per heavy atom. The second kappa shape index (κ2) is 7.01. The highest BCUT2D eigenvalue weighted by molar-refractivity contribution is 5.24. The Hall–Kier alpha value is -1.72. The van der Waals surface area contributed by atoms with E-state index in [1.54, 1.807) is 7.11 Å². The first-order valence-corrected chi connectivity index (χ1v) is 6.34. The summed E-state index contributed by atoms with van der Waals surface area (Å²) < 4.78 is 10.1. The van der Waals surface area contributed by atoms with E-state index in [-0.39, 0.29) is 0 Å². The van der Waals surface area contributed by atoms with Crippen LogP contribution in [-0.2, 0) is 17.7 Å². The Bertz CT molecular complexity index is 511. The molecule has 0 radical (unpaired) electrons. The van der Waals surface area contributed by atoms with E-state index in [0.29, 0.717) is 31.3 Å². The molecule has 5 nitrogen and oxygen atoms in total. The summed E-state index contributed by atoms with van der Waals surface area (Å²) in [5.41, 5.74) is 2.43. The Morgan fingerprint density at radius 3 is 3.05 bits per heavy atom. The van der Waals surface area contributed by atoms with Crippen LogP contribution in [0.5, 0.6) is 0 Å². The van der Waals surface area contributed by atoms with Gasteiger partial charge in [0, 0.05) is 20.1 Å². The van der Waals surface area contributed by atoms with Crippen LogP contribution in [0, 0.1) is 6.92 Å². The zero-order valence-electron chi connectivity index (χ0n) is 11.3. The highest BCUT2D eigenvalue weighted by Gasteiger charge is 2.06. The maximum atomic E-state index is 5.18. The molecule has 0 aliphatic heterocycles. The minimum absolute atomic E-state index is 0.574. The maximum Gasteiger partial charge on any atom is 0.240 e. The maximum absolute atomic E-state index is 5.18. The van der Waals surface area contributed by atoms with Gasteiger partial charge in [-0.1, -0.05) is 35.0 Å². The van der Waals surface area contributed by atoms with E-state index >= 15 is 0 Å². The second-order valence-electron chi connectivity index (χ2n) is 4.44. The third kappa shape index (κ3) is 4.46. The Labute approximate surface area is 113 Å². The van der Waals surface area contributed by atoms with Crippen LogP contribution in [0.3, 0.4) is 0 Å². The molecule has 0 amide bonds. The molecule has 0 aliphatic carbocycles. The number of aryl methyl sites for hydroxylation is 1. The van der Waals surface area contributed by atoms with Gasteiger partial charge in [-0.2, -0.15) is 4.98 Å². The number of nitrogens with one attached hydrogen (secondary N) is 1. The van der Waals surface area contributed by atoms with Gasteiger partial charge >= 0.3 is 0 Å². The lowest BCUT2D eigenvalue weighted by atomic mass is 10.1. The van der Waals surface area contributed by atoms with Crippen LogP contribution in [0.25, 0.3) is 0 Å². The van der Waals surface area contributed by atoms with Crippen molar-refractivity contribution >= 4 is 0 Å². The van der Waals surface area contributed by atoms with Gasteiger partial charge in [-0.05, 0) is 12.5 Å². The summed E-state index contributed by atoms with van der Waals surface area (Å²) >= 11 is 0. The monoisotopic (exact) mass is 261 g/mol. The number of ether oxygens (including phenoxy) is 1. The van der Waals surface area contributed by atoms with Crippen molar-refractivity contribution in [3.63, 3.8) is 0 Å². The molecule has 102 valence electrons. The SMILES string of the molecule is COCCNCc1nc(Cc2cccc(C)c2)no1. The molecule has 0 fully saturated rings. The molecule has 2 rings (SSSR count). The van der Waals surface area contributed by atoms with Crippen molar-refractivity contribution in [1.29, 1.82) is 0 Å². The van der Waals surface area contributed by atoms with E-state index in [9.17, 15) is 0 Å². The molecule has 0 saturated carbocycles. The average Bonchev–Trinajstić information content (AvgIpc) is 2.82. The predicted molar refractivity (Wildman–Crippen MR) is 71.9 cm³/mol. The third-order valence-corrected chi connectivity index (χ3v) is 2.71. The lowest BCUT2D eigenvalue weighted by Gasteiger charge is -1.99. The van der Waals surface area contributed by atoms with Gasteiger partial charge in [0.1, 0.15) is 0 Å². The number of methoxy groups -OCH3 is 1. The zero-order valence-corrected chi connectivity index (χ0v) is 11.3. The molecule has 1 aromatic carbocycles. The molecule has 5 heteroatoms. The van der Waals surface area contributed by atoms with Crippen molar-refractivity contribution in [1.82, 2.24) is 15.5 Å². The van der Waals surface area contributed by atoms with E-state index in [1.165, 1.54) is 11.1 Å². The lowest BCUT2D eigenvalue weighted by molar-refractivity contribution is 0.197. The lowest BCUT2D eigenvalue weighted by Crippen LogP contribution is -2.18. The van der Waals surface area contributed by atoms with E-state index in [2.05, 4.69) is 40.6 Å². The molecule has 19 heavy (non-hydrogen) atoms. The highest BCUT2D eigenvalue weighted by Crippen LogP contribution is 2.09. The molecule has 0 unspecified atom stereocenters. The van der Waals surface area contributed by atoms with Crippen LogP contribution in [0.2, 0.25) is 0 Å². The van der Waals surface area contributed by atoms with Crippen LogP contribution < -0.4 is 5.32 Å². The number of rotatable bonds is 7. The molecule has 1 heterocycles. The topological polar surface area (TPSA) is 60.2 Å². The van der Waals surface area contributed by atoms with Crippen LogP contribution in [-0.4, -0.2) is 30.4 Å². The first-order valence-electron chi connectivity index (χ1n) is 6.34. The molecular weight excluding hydrogens is 242 g/mol. The number of aromatic nitrogens is 2. The van der Waals surface area contributed by atoms with E-state index < -0.39 is 0 Å². The molecule has 1 N–H and O–H groups in total. The van der Waals surface area contributed by atoms with E-state index in [0.717, 1.165) is 6.54 Å². The van der Waals surface area contributed by atoms with Crippen molar-refractivity contribution in [3.8, 4) is 0 Å². The van der Waals surface area contributed by atoms with Gasteiger partial charge in [0.15, 0.2) is 5.82 Å². The van der Waals surface area contributed by atoms with Gasteiger partial charge in [-0.15, -0.1) is 0 Å². The molecule has 0 aliphatic rings. The van der Waals surface area contributed by atoms with Gasteiger partial charge in [-0.25, -0.2) is 0 Å². The molecule has 1 aromatic heterocycles. The van der Waals surface area contributed by atoms with Crippen molar-refractivity contribution in [3.05, 3.63) is 47.1 Å². The van der Waals surface area contributed by atoms with Crippen LogP contribution in [0.1, 0.15) is 22.8 Å². The molecular formula is C14H19N3O2. The summed E-state index contributed by atoms with van der Waals surface area (Å²) in [5.74, 6) is 1.33. The number of hydrogen-bond acceptors (Lipinski definition) is 5. The standard InChI is InChI=1S/C14H19N3O2/c1-11-4-3-5-12(8-11)9-13-16-14(19-17-13)10-15-6-7-18-2/h3-5,8,15H,6-7,9-10H2,1-2H3. The first kappa shape index (κ1) is 13.7. The Kier molecular flexibility index (Phi) is 5.06. The Morgan fingerprint density at radius 2 is 2.26 bits per heavy atom. The summed E-state index contributed by atoms with van der Waals surface area (Å²) in [6.07, 6.45) is 0.698. The summed E-state index contributed by atoms with van der Waals surface area (Å²) in [6.45, 7) is 4.09. The average molecular weight is 261 g/mol. The van der Waals surface area contributed by atoms with Crippen LogP contribution >= 0.6 is 0 Å². The van der Waals surface area contributed by atoms with E-state index in [4.69, 9.17) is 9.26 Å². The fourth-order valence-electron chi connectivity index (χ4n) is 1.81. The smallest absolute Gasteiger partial charge is 0.240 e. The molecule has 2 aromatic rings. The minimum Gasteiger partial charge on any atom is -0.383 e. The largest absolute Gasteiger partial charge is 0.383 e. The van der Waals surface area contributed by atoms with Gasteiger partial charge in [0.25, 0.3) is 0 Å². The zero-order chi connectivity index (χ0) is 13.5. The Balaban J connectivity index is 1.87. The van der Waals surface area contributed by atoms with Crippen LogP contribution in [0.15, 0.2) is 28.8 Å². The summed E-state index contributed by atoms with van der Waals surface area (Å²) in [6, 6.07) is 8.32. The molecule has 0 atom stereocenters. The fraction of sp³-hybridized carbons (Fsp3) is 0.429. The minimum atomic E-state index is 0.574. The van der Waals surface area contributed by atoms with E-state index in [1.807, 2.05) is 6.07 Å². The van der Waals surface area contributed by atoms with Gasteiger partial charge in [0.05, 0.1) is 13.2 Å². The van der Waals surface area contributed by atoms with Crippen molar-refractivity contribution in [2.24, 2.45) is 0 Å². The predicted octanol–water partition coefficient (Wildman–Crippen LogP) is 1.70. The van der Waals surface area contributed by atoms with Gasteiger partial charge in [-0.3, -0.25) is 0 Å². The van der Waals surface area contributed by atoms with Gasteiger partial charge in [0.2, 0.25) is 5.89 Å². The molecule has 0 spiro atoms. The summed E-state index contributed by atoms with van der Waals surface area (Å²) in [5, 5.41) is 7.15. The summed E-state index contributed by atoms with van der Waals surface area (Å²) in [7, 11) is 1.67. The van der Waals surface area contributed by atoms with Crippen molar-refractivity contribution < 1.29 is 9.26 Å². The van der Waals surface area contributed by atoms with Gasteiger partial charge < -0.3 is 14.6 Å². The van der Waals surface area contributed by atoms with Crippen molar-refractivity contribution in [2.45, 2.75) is 19.9 Å². The fourth-order valence-corrected chi connectivity index (χ4v) is 1.81. The number of benzene rings is 1. The quantitative estimate of drug-likeness (QED) is 0.769. The number of hydrogen-bond donors (Lipinski definition) is 1. The molecule has 0 bridgehead atoms. The second-order valence-corrected chi connectivity index (χ2v) is 4.44. The molecule has 0 saturated heterocycles. The first-order chi connectivity index (χ1) is 9.28.